The summed E-state index contributed by atoms with van der Waals surface area (Å²) in [7, 11) is 0. The topological polar surface area (TPSA) is 108 Å². The van der Waals surface area contributed by atoms with Crippen molar-refractivity contribution in [3.8, 4) is 0 Å². The van der Waals surface area contributed by atoms with Crippen LogP contribution >= 0.6 is 0 Å². The second kappa shape index (κ2) is 3.53. The second-order valence-corrected chi connectivity index (χ2v) is 2.32. The fraction of sp³-hybridized carbons (Fsp3) is 0. The van der Waals surface area contributed by atoms with Crippen molar-refractivity contribution in [1.82, 2.24) is 0 Å². The second-order valence-electron chi connectivity index (χ2n) is 2.32. The molecule has 0 heterocycles. The minimum Gasteiger partial charge on any atom is -0.382 e. The SMILES string of the molecule is N/N=C(\N)c1cccc([N+](=O)[O-])c1. The molecule has 0 aliphatic heterocycles. The van der Waals surface area contributed by atoms with Crippen molar-refractivity contribution >= 4 is 11.5 Å². The molecule has 0 fully saturated rings. The lowest BCUT2D eigenvalue weighted by molar-refractivity contribution is -0.384. The van der Waals surface area contributed by atoms with Crippen molar-refractivity contribution in [3.63, 3.8) is 0 Å². The van der Waals surface area contributed by atoms with Crippen LogP contribution in [0.3, 0.4) is 0 Å². The average molecular weight is 180 g/mol. The molecular weight excluding hydrogens is 172 g/mol. The summed E-state index contributed by atoms with van der Waals surface area (Å²) in [4.78, 5) is 9.85. The molecule has 6 heteroatoms. The minimum atomic E-state index is -0.507. The third-order valence-electron chi connectivity index (χ3n) is 1.49. The molecule has 0 aromatic heterocycles. The summed E-state index contributed by atoms with van der Waals surface area (Å²) in [5.41, 5.74) is 5.77. The standard InChI is InChI=1S/C7H8N4O2/c8-7(10-9)5-2-1-3-6(4-5)11(12)13/h1-4H,9H2,(H2,8,10). The Morgan fingerprint density at radius 1 is 1.54 bits per heavy atom. The Labute approximate surface area is 74.0 Å². The lowest BCUT2D eigenvalue weighted by Gasteiger charge is -1.97. The van der Waals surface area contributed by atoms with Gasteiger partial charge in [0, 0.05) is 17.7 Å². The van der Waals surface area contributed by atoms with E-state index in [4.69, 9.17) is 11.6 Å². The van der Waals surface area contributed by atoms with Gasteiger partial charge in [-0.1, -0.05) is 12.1 Å². The highest BCUT2D eigenvalue weighted by Crippen LogP contribution is 2.12. The van der Waals surface area contributed by atoms with Crippen molar-refractivity contribution in [2.75, 3.05) is 0 Å². The molecule has 0 spiro atoms. The summed E-state index contributed by atoms with van der Waals surface area (Å²) in [6, 6.07) is 5.79. The van der Waals surface area contributed by atoms with Crippen LogP contribution in [0.1, 0.15) is 5.56 Å². The maximum absolute atomic E-state index is 10.4. The predicted octanol–water partition coefficient (Wildman–Crippen LogP) is 0.174. The van der Waals surface area contributed by atoms with Gasteiger partial charge in [0.15, 0.2) is 5.84 Å². The van der Waals surface area contributed by atoms with Crippen LogP contribution in [0.25, 0.3) is 0 Å². The van der Waals surface area contributed by atoms with Gasteiger partial charge in [-0.2, -0.15) is 5.10 Å². The molecule has 0 unspecified atom stereocenters. The van der Waals surface area contributed by atoms with E-state index in [0.717, 1.165) is 0 Å². The van der Waals surface area contributed by atoms with Gasteiger partial charge < -0.3 is 11.6 Å². The number of hydrazone groups is 1. The van der Waals surface area contributed by atoms with Crippen molar-refractivity contribution in [3.05, 3.63) is 39.9 Å². The van der Waals surface area contributed by atoms with E-state index >= 15 is 0 Å². The minimum absolute atomic E-state index is 0.0379. The van der Waals surface area contributed by atoms with Gasteiger partial charge in [-0.15, -0.1) is 0 Å². The summed E-state index contributed by atoms with van der Waals surface area (Å²) < 4.78 is 0. The lowest BCUT2D eigenvalue weighted by atomic mass is 10.2. The van der Waals surface area contributed by atoms with Crippen LogP contribution in [-0.2, 0) is 0 Å². The number of nitro groups is 1. The average Bonchev–Trinajstić information content (AvgIpc) is 2.17. The molecule has 0 aliphatic rings. The Hall–Kier alpha value is -2.11. The van der Waals surface area contributed by atoms with Gasteiger partial charge >= 0.3 is 0 Å². The van der Waals surface area contributed by atoms with E-state index in [1.807, 2.05) is 0 Å². The molecule has 4 N–H and O–H groups in total. The largest absolute Gasteiger partial charge is 0.382 e. The molecule has 1 rings (SSSR count). The molecule has 6 nitrogen and oxygen atoms in total. The molecule has 1 aromatic carbocycles. The van der Waals surface area contributed by atoms with E-state index in [0.29, 0.717) is 5.56 Å². The first-order chi connectivity index (χ1) is 6.15. The van der Waals surface area contributed by atoms with Crippen LogP contribution in [-0.4, -0.2) is 10.8 Å². The molecule has 0 amide bonds. The molecule has 68 valence electrons. The van der Waals surface area contributed by atoms with Gasteiger partial charge in [0.2, 0.25) is 0 Å². The number of amidine groups is 1. The van der Waals surface area contributed by atoms with E-state index in [-0.39, 0.29) is 11.5 Å². The molecule has 0 saturated heterocycles. The Morgan fingerprint density at radius 2 is 2.23 bits per heavy atom. The first-order valence-corrected chi connectivity index (χ1v) is 3.43. The molecule has 0 atom stereocenters. The lowest BCUT2D eigenvalue weighted by Crippen LogP contribution is -2.15. The number of non-ortho nitro benzene ring substituents is 1. The number of nitro benzene ring substituents is 1. The van der Waals surface area contributed by atoms with E-state index in [9.17, 15) is 10.1 Å². The number of hydrogen-bond acceptors (Lipinski definition) is 4. The molecule has 0 radical (unpaired) electrons. The number of rotatable bonds is 2. The summed E-state index contributed by atoms with van der Waals surface area (Å²) in [6.45, 7) is 0. The molecular formula is C7H8N4O2. The Bertz CT molecular complexity index is 361. The third kappa shape index (κ3) is 1.92. The maximum atomic E-state index is 10.4. The fourth-order valence-electron chi connectivity index (χ4n) is 0.853. The summed E-state index contributed by atoms with van der Waals surface area (Å²) in [6.07, 6.45) is 0. The van der Waals surface area contributed by atoms with Crippen molar-refractivity contribution in [2.45, 2.75) is 0 Å². The smallest absolute Gasteiger partial charge is 0.270 e. The Kier molecular flexibility index (Phi) is 2.44. The molecule has 1 aromatic rings. The Balaban J connectivity index is 3.13. The molecule has 0 saturated carbocycles. The first-order valence-electron chi connectivity index (χ1n) is 3.43. The fourth-order valence-corrected chi connectivity index (χ4v) is 0.853. The number of nitrogens with two attached hydrogens (primary N) is 2. The normalized spacial score (nSPS) is 11.2. The van der Waals surface area contributed by atoms with Crippen molar-refractivity contribution < 1.29 is 4.92 Å². The van der Waals surface area contributed by atoms with Gasteiger partial charge in [-0.25, -0.2) is 0 Å². The maximum Gasteiger partial charge on any atom is 0.270 e. The zero-order chi connectivity index (χ0) is 9.84. The van der Waals surface area contributed by atoms with Crippen LogP contribution in [0.4, 0.5) is 5.69 Å². The van der Waals surface area contributed by atoms with Gasteiger partial charge in [-0.05, 0) is 0 Å². The van der Waals surface area contributed by atoms with Gasteiger partial charge in [0.25, 0.3) is 5.69 Å². The van der Waals surface area contributed by atoms with E-state index in [2.05, 4.69) is 5.10 Å². The van der Waals surface area contributed by atoms with Crippen LogP contribution < -0.4 is 11.6 Å². The molecule has 0 bridgehead atoms. The molecule has 0 aliphatic carbocycles. The zero-order valence-corrected chi connectivity index (χ0v) is 6.68. The summed E-state index contributed by atoms with van der Waals surface area (Å²) in [5, 5.41) is 13.6. The van der Waals surface area contributed by atoms with Crippen LogP contribution in [0.2, 0.25) is 0 Å². The quantitative estimate of drug-likeness (QED) is 0.222. The number of nitrogens with zero attached hydrogens (tertiary/aromatic N) is 2. The van der Waals surface area contributed by atoms with Gasteiger partial charge in [0.1, 0.15) is 0 Å². The summed E-state index contributed by atoms with van der Waals surface area (Å²) >= 11 is 0. The van der Waals surface area contributed by atoms with Crippen LogP contribution in [0.5, 0.6) is 0 Å². The van der Waals surface area contributed by atoms with Crippen molar-refractivity contribution in [1.29, 1.82) is 0 Å². The van der Waals surface area contributed by atoms with E-state index in [1.54, 1.807) is 6.07 Å². The van der Waals surface area contributed by atoms with Crippen LogP contribution in [0, 0.1) is 10.1 Å². The number of benzene rings is 1. The highest BCUT2D eigenvalue weighted by Gasteiger charge is 2.06. The predicted molar refractivity (Wildman–Crippen MR) is 48.0 cm³/mol. The Morgan fingerprint density at radius 3 is 2.77 bits per heavy atom. The van der Waals surface area contributed by atoms with Crippen molar-refractivity contribution in [2.24, 2.45) is 16.7 Å². The molecule has 13 heavy (non-hydrogen) atoms. The summed E-state index contributed by atoms with van der Waals surface area (Å²) in [5.74, 6) is 5.00. The highest BCUT2D eigenvalue weighted by molar-refractivity contribution is 5.97. The van der Waals surface area contributed by atoms with Gasteiger partial charge in [0.05, 0.1) is 4.92 Å². The third-order valence-corrected chi connectivity index (χ3v) is 1.49. The van der Waals surface area contributed by atoms with E-state index in [1.165, 1.54) is 18.2 Å². The first kappa shape index (κ1) is 8.98. The highest BCUT2D eigenvalue weighted by atomic mass is 16.6. The zero-order valence-electron chi connectivity index (χ0n) is 6.68. The van der Waals surface area contributed by atoms with Gasteiger partial charge in [-0.3, -0.25) is 10.1 Å². The number of hydrogen-bond donors (Lipinski definition) is 2. The monoisotopic (exact) mass is 180 g/mol. The van der Waals surface area contributed by atoms with E-state index < -0.39 is 4.92 Å². The van der Waals surface area contributed by atoms with Crippen LogP contribution in [0.15, 0.2) is 29.4 Å².